The summed E-state index contributed by atoms with van der Waals surface area (Å²) in [6.07, 6.45) is 2.50. The van der Waals surface area contributed by atoms with Gasteiger partial charge in [-0.1, -0.05) is 12.2 Å². The summed E-state index contributed by atoms with van der Waals surface area (Å²) in [4.78, 5) is 23.1. The maximum absolute atomic E-state index is 11.6. The number of Topliss-reactive ketones (excluding diaryl/α,β-unsaturated/α-hetero) is 1. The lowest BCUT2D eigenvalue weighted by molar-refractivity contribution is -0.151. The van der Waals surface area contributed by atoms with Gasteiger partial charge in [-0.3, -0.25) is 9.59 Å². The third kappa shape index (κ3) is 5.42. The molecule has 0 aromatic heterocycles. The van der Waals surface area contributed by atoms with Gasteiger partial charge in [0.05, 0.1) is 18.6 Å². The summed E-state index contributed by atoms with van der Waals surface area (Å²) in [5.74, 6) is -0.397. The highest BCUT2D eigenvalue weighted by atomic mass is 16.5. The Balaban J connectivity index is 2.71. The SMILES string of the molecule is COC1CC(=O)C/C=C/[C@@H](O)CC(=O)O[C@H](C)C1. The van der Waals surface area contributed by atoms with Crippen LogP contribution in [0.4, 0.5) is 0 Å². The Hall–Kier alpha value is -1.20. The second-order valence-corrected chi connectivity index (χ2v) is 4.54. The number of cyclic esters (lactones) is 1. The second-order valence-electron chi connectivity index (χ2n) is 4.54. The molecular weight excluding hydrogens is 236 g/mol. The summed E-state index contributed by atoms with van der Waals surface area (Å²) in [6.45, 7) is 1.75. The van der Waals surface area contributed by atoms with Gasteiger partial charge in [0.25, 0.3) is 0 Å². The molecule has 1 unspecified atom stereocenters. The van der Waals surface area contributed by atoms with Crippen LogP contribution in [-0.2, 0) is 19.1 Å². The highest BCUT2D eigenvalue weighted by molar-refractivity contribution is 5.80. The zero-order chi connectivity index (χ0) is 13.5. The number of carbonyl (C=O) groups excluding carboxylic acids is 2. The third-order valence-electron chi connectivity index (χ3n) is 2.80. The topological polar surface area (TPSA) is 72.8 Å². The molecule has 0 fully saturated rings. The number of allylic oxidation sites excluding steroid dienone is 1. The quantitative estimate of drug-likeness (QED) is 0.559. The van der Waals surface area contributed by atoms with Crippen molar-refractivity contribution < 1.29 is 24.2 Å². The normalized spacial score (nSPS) is 33.2. The Morgan fingerprint density at radius 1 is 1.39 bits per heavy atom. The monoisotopic (exact) mass is 256 g/mol. The van der Waals surface area contributed by atoms with Gasteiger partial charge in [0.15, 0.2) is 0 Å². The first-order valence-electron chi connectivity index (χ1n) is 6.10. The largest absolute Gasteiger partial charge is 0.462 e. The summed E-state index contributed by atoms with van der Waals surface area (Å²) in [6, 6.07) is 0. The van der Waals surface area contributed by atoms with Crippen LogP contribution in [0.25, 0.3) is 0 Å². The van der Waals surface area contributed by atoms with E-state index in [1.165, 1.54) is 13.2 Å². The van der Waals surface area contributed by atoms with E-state index in [1.54, 1.807) is 13.0 Å². The molecule has 0 radical (unpaired) electrons. The van der Waals surface area contributed by atoms with E-state index in [0.29, 0.717) is 12.8 Å². The van der Waals surface area contributed by atoms with Gasteiger partial charge in [-0.15, -0.1) is 0 Å². The van der Waals surface area contributed by atoms with Gasteiger partial charge in [-0.05, 0) is 6.92 Å². The Morgan fingerprint density at radius 3 is 2.78 bits per heavy atom. The van der Waals surface area contributed by atoms with Crippen molar-refractivity contribution in [2.45, 2.75) is 50.9 Å². The molecule has 0 aromatic rings. The predicted octanol–water partition coefficient (Wildman–Crippen LogP) is 0.993. The van der Waals surface area contributed by atoms with Crippen molar-refractivity contribution in [1.29, 1.82) is 0 Å². The van der Waals surface area contributed by atoms with Gasteiger partial charge in [0.2, 0.25) is 0 Å². The van der Waals surface area contributed by atoms with Gasteiger partial charge in [-0.2, -0.15) is 0 Å². The molecular formula is C13H20O5. The maximum Gasteiger partial charge on any atom is 0.309 e. The van der Waals surface area contributed by atoms with Crippen LogP contribution in [0.1, 0.15) is 32.6 Å². The van der Waals surface area contributed by atoms with Gasteiger partial charge in [0.1, 0.15) is 11.9 Å². The molecule has 1 aliphatic heterocycles. The zero-order valence-electron chi connectivity index (χ0n) is 10.8. The number of rotatable bonds is 1. The van der Waals surface area contributed by atoms with Crippen LogP contribution in [0, 0.1) is 0 Å². The molecule has 5 heteroatoms. The molecule has 3 atom stereocenters. The molecule has 102 valence electrons. The average molecular weight is 256 g/mol. The Morgan fingerprint density at radius 2 is 2.11 bits per heavy atom. The fraction of sp³-hybridized carbons (Fsp3) is 0.692. The molecule has 5 nitrogen and oxygen atoms in total. The zero-order valence-corrected chi connectivity index (χ0v) is 10.8. The van der Waals surface area contributed by atoms with Gasteiger partial charge in [0, 0.05) is 26.4 Å². The van der Waals surface area contributed by atoms with Crippen molar-refractivity contribution in [3.05, 3.63) is 12.2 Å². The first-order chi connectivity index (χ1) is 8.51. The average Bonchev–Trinajstić information content (AvgIpc) is 2.26. The number of methoxy groups -OCH3 is 1. The fourth-order valence-electron chi connectivity index (χ4n) is 1.89. The van der Waals surface area contributed by atoms with Crippen LogP contribution in [0.15, 0.2) is 12.2 Å². The molecule has 0 aliphatic carbocycles. The second kappa shape index (κ2) is 7.28. The van der Waals surface area contributed by atoms with E-state index in [4.69, 9.17) is 9.47 Å². The van der Waals surface area contributed by atoms with Crippen LogP contribution in [0.2, 0.25) is 0 Å². The Bertz CT molecular complexity index is 323. The lowest BCUT2D eigenvalue weighted by atomic mass is 10.0. The van der Waals surface area contributed by atoms with Gasteiger partial charge >= 0.3 is 5.97 Å². The first-order valence-corrected chi connectivity index (χ1v) is 6.10. The van der Waals surface area contributed by atoms with Crippen LogP contribution >= 0.6 is 0 Å². The van der Waals surface area contributed by atoms with Crippen molar-refractivity contribution in [3.8, 4) is 0 Å². The number of aliphatic hydroxyl groups is 1. The van der Waals surface area contributed by atoms with Crippen LogP contribution in [-0.4, -0.2) is 42.3 Å². The minimum atomic E-state index is -0.893. The minimum Gasteiger partial charge on any atom is -0.462 e. The number of esters is 1. The number of ketones is 1. The highest BCUT2D eigenvalue weighted by Crippen LogP contribution is 2.13. The lowest BCUT2D eigenvalue weighted by Crippen LogP contribution is -2.26. The van der Waals surface area contributed by atoms with Crippen molar-refractivity contribution in [2.24, 2.45) is 0 Å². The molecule has 18 heavy (non-hydrogen) atoms. The first kappa shape index (κ1) is 14.9. The van der Waals surface area contributed by atoms with Crippen LogP contribution < -0.4 is 0 Å². The fourth-order valence-corrected chi connectivity index (χ4v) is 1.89. The summed E-state index contributed by atoms with van der Waals surface area (Å²) in [7, 11) is 1.54. The Labute approximate surface area is 107 Å². The summed E-state index contributed by atoms with van der Waals surface area (Å²) < 4.78 is 10.3. The molecule has 1 aliphatic rings. The van der Waals surface area contributed by atoms with E-state index in [2.05, 4.69) is 0 Å². The summed E-state index contributed by atoms with van der Waals surface area (Å²) >= 11 is 0. The van der Waals surface area contributed by atoms with E-state index in [1.807, 2.05) is 0 Å². The maximum atomic E-state index is 11.6. The van der Waals surface area contributed by atoms with E-state index in [0.717, 1.165) is 0 Å². The van der Waals surface area contributed by atoms with Crippen molar-refractivity contribution in [1.82, 2.24) is 0 Å². The van der Waals surface area contributed by atoms with Gasteiger partial charge < -0.3 is 14.6 Å². The molecule has 0 spiro atoms. The van der Waals surface area contributed by atoms with Crippen molar-refractivity contribution >= 4 is 11.8 Å². The number of ether oxygens (including phenoxy) is 2. The molecule has 0 bridgehead atoms. The third-order valence-corrected chi connectivity index (χ3v) is 2.80. The predicted molar refractivity (Wildman–Crippen MR) is 65.0 cm³/mol. The van der Waals surface area contributed by atoms with Crippen molar-refractivity contribution in [3.63, 3.8) is 0 Å². The number of aliphatic hydroxyl groups excluding tert-OH is 1. The molecule has 1 heterocycles. The minimum absolute atomic E-state index is 0.0457. The highest BCUT2D eigenvalue weighted by Gasteiger charge is 2.20. The summed E-state index contributed by atoms with van der Waals surface area (Å²) in [5, 5.41) is 9.51. The van der Waals surface area contributed by atoms with E-state index < -0.39 is 12.1 Å². The van der Waals surface area contributed by atoms with E-state index in [-0.39, 0.29) is 30.8 Å². The molecule has 0 saturated heterocycles. The lowest BCUT2D eigenvalue weighted by Gasteiger charge is -2.20. The molecule has 0 saturated carbocycles. The van der Waals surface area contributed by atoms with Crippen molar-refractivity contribution in [2.75, 3.05) is 7.11 Å². The molecule has 1 rings (SSSR count). The number of hydrogen-bond acceptors (Lipinski definition) is 5. The van der Waals surface area contributed by atoms with E-state index in [9.17, 15) is 14.7 Å². The molecule has 1 N–H and O–H groups in total. The van der Waals surface area contributed by atoms with Crippen LogP contribution in [0.3, 0.4) is 0 Å². The van der Waals surface area contributed by atoms with Gasteiger partial charge in [-0.25, -0.2) is 0 Å². The molecule has 0 aromatic carbocycles. The smallest absolute Gasteiger partial charge is 0.309 e. The van der Waals surface area contributed by atoms with Crippen LogP contribution in [0.5, 0.6) is 0 Å². The molecule has 0 amide bonds. The standard InChI is InChI=1S/C13H20O5/c1-9-6-12(17-2)7-10(14)4-3-5-11(15)8-13(16)18-9/h3,5,9,11-12,15H,4,6-8H2,1-2H3/b5-3+/t9-,11-,12?/m1/s1. The summed E-state index contributed by atoms with van der Waals surface area (Å²) in [5.41, 5.74) is 0. The number of hydrogen-bond donors (Lipinski definition) is 1. The van der Waals surface area contributed by atoms with E-state index >= 15 is 0 Å². The Kier molecular flexibility index (Phi) is 6.01. The number of carbonyl (C=O) groups is 2.